The Kier molecular flexibility index (Phi) is 5.37. The molecule has 3 N–H and O–H groups in total. The number of nitrogens with zero attached hydrogens (tertiary/aromatic N) is 5. The summed E-state index contributed by atoms with van der Waals surface area (Å²) in [6.45, 7) is 0.836. The predicted octanol–water partition coefficient (Wildman–Crippen LogP) is 2.34. The number of ether oxygens (including phenoxy) is 1. The number of aliphatic hydroxyl groups excluding tert-OH is 1. The van der Waals surface area contributed by atoms with Gasteiger partial charge in [-0.3, -0.25) is 4.79 Å². The molecule has 4 aromatic heterocycles. The molecular weight excluding hydrogens is 453 g/mol. The zero-order valence-corrected chi connectivity index (χ0v) is 19.2. The smallest absolute Gasteiger partial charge is 0.257 e. The Hall–Kier alpha value is -3.57. The molecule has 0 spiro atoms. The number of carbonyl (C=O) groups is 1. The average molecular weight is 480 g/mol. The Morgan fingerprint density at radius 2 is 2.17 bits per heavy atom. The standard InChI is InChI=1S/C24H26FN7O3/c1-26-21-9-18(29-23-14(10-28-32(21)23)24(34)30-17-5-4-16(17)25)15-11-31(19-6-8-35-12-20(19)33)22-13(15)3-2-7-27-22/h2-3,7,9-11,16-17,19-20,26,33H,4-6,8,12H2,1H3,(H,30,34)/t16-,17?,19-,20-/m0/s1. The number of alkyl halides is 1. The molecular formula is C24H26FN7O3. The zero-order chi connectivity index (χ0) is 24.1. The highest BCUT2D eigenvalue weighted by atomic mass is 19.1. The maximum absolute atomic E-state index is 13.7. The van der Waals surface area contributed by atoms with Gasteiger partial charge in [-0.25, -0.2) is 14.4 Å². The van der Waals surface area contributed by atoms with Gasteiger partial charge >= 0.3 is 0 Å². The number of carbonyl (C=O) groups excluding carboxylic acids is 1. The molecule has 0 aromatic carbocycles. The monoisotopic (exact) mass is 479 g/mol. The van der Waals surface area contributed by atoms with Gasteiger partial charge in [-0.1, -0.05) is 0 Å². The summed E-state index contributed by atoms with van der Waals surface area (Å²) in [6.07, 6.45) is 5.22. The molecule has 6 rings (SSSR count). The molecule has 0 bridgehead atoms. The number of nitrogens with one attached hydrogen (secondary N) is 2. The lowest BCUT2D eigenvalue weighted by molar-refractivity contribution is -0.0375. The Morgan fingerprint density at radius 3 is 2.91 bits per heavy atom. The molecule has 1 amide bonds. The minimum atomic E-state index is -1.02. The Bertz CT molecular complexity index is 1420. The number of anilines is 1. The van der Waals surface area contributed by atoms with Gasteiger partial charge in [0.2, 0.25) is 0 Å². The molecule has 2 fully saturated rings. The number of aliphatic hydroxyl groups is 1. The minimum Gasteiger partial charge on any atom is -0.389 e. The first-order valence-corrected chi connectivity index (χ1v) is 11.8. The van der Waals surface area contributed by atoms with Crippen LogP contribution in [0.15, 0.2) is 36.8 Å². The van der Waals surface area contributed by atoms with Crippen molar-refractivity contribution in [1.82, 2.24) is 29.5 Å². The highest BCUT2D eigenvalue weighted by Gasteiger charge is 2.33. The molecule has 10 nitrogen and oxygen atoms in total. The number of hydrogen-bond donors (Lipinski definition) is 3. The first kappa shape index (κ1) is 21.9. The van der Waals surface area contributed by atoms with Crippen LogP contribution in [0.3, 0.4) is 0 Å². The molecule has 1 aliphatic heterocycles. The van der Waals surface area contributed by atoms with E-state index in [1.807, 2.05) is 29.0 Å². The molecule has 4 aromatic rings. The molecule has 182 valence electrons. The molecule has 5 heterocycles. The number of rotatable bonds is 5. The van der Waals surface area contributed by atoms with Gasteiger partial charge in [0, 0.05) is 43.1 Å². The number of fused-ring (bicyclic) bond motifs is 2. The van der Waals surface area contributed by atoms with E-state index in [-0.39, 0.29) is 18.2 Å². The van der Waals surface area contributed by atoms with Crippen LogP contribution in [-0.4, -0.2) is 73.7 Å². The molecule has 1 saturated heterocycles. The van der Waals surface area contributed by atoms with Crippen LogP contribution in [0.1, 0.15) is 35.7 Å². The van der Waals surface area contributed by atoms with Gasteiger partial charge in [0.15, 0.2) is 5.65 Å². The van der Waals surface area contributed by atoms with Gasteiger partial charge in [-0.05, 0) is 31.4 Å². The zero-order valence-electron chi connectivity index (χ0n) is 19.2. The van der Waals surface area contributed by atoms with Crippen molar-refractivity contribution in [3.8, 4) is 11.3 Å². The molecule has 1 aliphatic carbocycles. The van der Waals surface area contributed by atoms with Crippen LogP contribution in [0.2, 0.25) is 0 Å². The lowest BCUT2D eigenvalue weighted by Gasteiger charge is -2.30. The van der Waals surface area contributed by atoms with Crippen LogP contribution in [0.5, 0.6) is 0 Å². The van der Waals surface area contributed by atoms with Crippen molar-refractivity contribution in [2.75, 3.05) is 25.6 Å². The van der Waals surface area contributed by atoms with E-state index in [2.05, 4.69) is 20.7 Å². The van der Waals surface area contributed by atoms with Crippen LogP contribution in [0.4, 0.5) is 10.2 Å². The first-order valence-electron chi connectivity index (χ1n) is 11.8. The third kappa shape index (κ3) is 3.62. The van der Waals surface area contributed by atoms with Crippen molar-refractivity contribution in [3.05, 3.63) is 42.4 Å². The summed E-state index contributed by atoms with van der Waals surface area (Å²) in [4.78, 5) is 22.3. The predicted molar refractivity (Wildman–Crippen MR) is 127 cm³/mol. The molecule has 2 aliphatic rings. The fourth-order valence-corrected chi connectivity index (χ4v) is 4.88. The Labute approximate surface area is 200 Å². The largest absolute Gasteiger partial charge is 0.389 e. The second-order valence-electron chi connectivity index (χ2n) is 9.07. The summed E-state index contributed by atoms with van der Waals surface area (Å²) >= 11 is 0. The molecule has 0 radical (unpaired) electrons. The summed E-state index contributed by atoms with van der Waals surface area (Å²) in [6, 6.07) is 5.04. The van der Waals surface area contributed by atoms with Crippen LogP contribution in [0.25, 0.3) is 27.9 Å². The van der Waals surface area contributed by atoms with E-state index in [1.54, 1.807) is 17.8 Å². The molecule has 1 unspecified atom stereocenters. The van der Waals surface area contributed by atoms with Gasteiger partial charge in [0.25, 0.3) is 5.91 Å². The topological polar surface area (TPSA) is 119 Å². The van der Waals surface area contributed by atoms with Gasteiger partial charge in [0.1, 0.15) is 23.2 Å². The summed E-state index contributed by atoms with van der Waals surface area (Å²) in [5.74, 6) is 0.250. The maximum atomic E-state index is 13.7. The van der Waals surface area contributed by atoms with Crippen molar-refractivity contribution in [3.63, 3.8) is 0 Å². The van der Waals surface area contributed by atoms with Crippen molar-refractivity contribution in [2.24, 2.45) is 0 Å². The van der Waals surface area contributed by atoms with Crippen LogP contribution >= 0.6 is 0 Å². The van der Waals surface area contributed by atoms with Crippen molar-refractivity contribution in [1.29, 1.82) is 0 Å². The number of aromatic nitrogens is 5. The third-order valence-corrected chi connectivity index (χ3v) is 6.99. The highest BCUT2D eigenvalue weighted by Crippen LogP contribution is 2.35. The molecule has 1 saturated carbocycles. The molecule has 35 heavy (non-hydrogen) atoms. The SMILES string of the molecule is CNc1cc(-c2cn([C@H]3CCOC[C@@H]3O)c3ncccc23)nc2c(C(=O)NC3CC[C@@H]3F)cnn12. The van der Waals surface area contributed by atoms with Crippen molar-refractivity contribution < 1.29 is 19.0 Å². The van der Waals surface area contributed by atoms with E-state index < -0.39 is 24.2 Å². The summed E-state index contributed by atoms with van der Waals surface area (Å²) in [5, 5.41) is 21.7. The van der Waals surface area contributed by atoms with Crippen molar-refractivity contribution >= 4 is 28.4 Å². The van der Waals surface area contributed by atoms with E-state index >= 15 is 0 Å². The summed E-state index contributed by atoms with van der Waals surface area (Å²) in [7, 11) is 1.77. The fourth-order valence-electron chi connectivity index (χ4n) is 4.88. The lowest BCUT2D eigenvalue weighted by atomic mass is 9.90. The van der Waals surface area contributed by atoms with Gasteiger partial charge in [0.05, 0.1) is 36.7 Å². The van der Waals surface area contributed by atoms with E-state index in [0.29, 0.717) is 43.0 Å². The first-order chi connectivity index (χ1) is 17.0. The van der Waals surface area contributed by atoms with E-state index in [4.69, 9.17) is 9.72 Å². The van der Waals surface area contributed by atoms with Crippen LogP contribution < -0.4 is 10.6 Å². The number of halogens is 1. The Balaban J connectivity index is 1.47. The molecule has 4 atom stereocenters. The average Bonchev–Trinajstić information content (AvgIpc) is 3.48. The van der Waals surface area contributed by atoms with Crippen LogP contribution in [-0.2, 0) is 4.74 Å². The number of hydrogen-bond acceptors (Lipinski definition) is 7. The molecule has 11 heteroatoms. The fraction of sp³-hybridized carbons (Fsp3) is 0.417. The number of pyridine rings is 1. The normalized spacial score (nSPS) is 24.4. The third-order valence-electron chi connectivity index (χ3n) is 6.99. The second-order valence-corrected chi connectivity index (χ2v) is 9.07. The number of amides is 1. The highest BCUT2D eigenvalue weighted by molar-refractivity contribution is 6.01. The van der Waals surface area contributed by atoms with Gasteiger partial charge in [-0.15, -0.1) is 0 Å². The lowest BCUT2D eigenvalue weighted by Crippen LogP contribution is -2.48. The van der Waals surface area contributed by atoms with Crippen molar-refractivity contribution in [2.45, 2.75) is 43.6 Å². The minimum absolute atomic E-state index is 0.171. The van der Waals surface area contributed by atoms with Gasteiger partial charge < -0.3 is 25.0 Å². The maximum Gasteiger partial charge on any atom is 0.257 e. The second kappa shape index (κ2) is 8.58. The van der Waals surface area contributed by atoms with E-state index in [1.165, 1.54) is 6.20 Å². The quantitative estimate of drug-likeness (QED) is 0.402. The van der Waals surface area contributed by atoms with Crippen LogP contribution in [0, 0.1) is 0 Å². The summed E-state index contributed by atoms with van der Waals surface area (Å²) in [5.41, 5.74) is 2.84. The Morgan fingerprint density at radius 1 is 1.29 bits per heavy atom. The van der Waals surface area contributed by atoms with Gasteiger partial charge in [-0.2, -0.15) is 9.61 Å². The van der Waals surface area contributed by atoms with E-state index in [0.717, 1.165) is 16.6 Å². The van der Waals surface area contributed by atoms with E-state index in [9.17, 15) is 14.3 Å². The summed E-state index contributed by atoms with van der Waals surface area (Å²) < 4.78 is 22.7.